The van der Waals surface area contributed by atoms with Crippen molar-refractivity contribution in [2.24, 2.45) is 0 Å². The lowest BCUT2D eigenvalue weighted by molar-refractivity contribution is 0.194. The average Bonchev–Trinajstić information content (AvgIpc) is 2.14. The summed E-state index contributed by atoms with van der Waals surface area (Å²) >= 11 is 3.16. The fourth-order valence-electron chi connectivity index (χ4n) is 1.25. The molecule has 0 aliphatic heterocycles. The number of halogens is 2. The summed E-state index contributed by atoms with van der Waals surface area (Å²) < 4.78 is 14.1. The van der Waals surface area contributed by atoms with Crippen LogP contribution in [0.5, 0.6) is 0 Å². The molecule has 82 valence electrons. The van der Waals surface area contributed by atoms with Crippen LogP contribution >= 0.6 is 15.9 Å². The molecule has 0 aromatic heterocycles. The largest absolute Gasteiger partial charge is 0.465 e. The second-order valence-corrected chi connectivity index (χ2v) is 4.17. The molecule has 0 fully saturated rings. The maximum absolute atomic E-state index is 13.4. The molecule has 15 heavy (non-hydrogen) atoms. The number of nitrogens with one attached hydrogen (secondary N) is 1. The molecule has 0 saturated heterocycles. The third-order valence-corrected chi connectivity index (χ3v) is 2.55. The van der Waals surface area contributed by atoms with E-state index in [4.69, 9.17) is 5.11 Å². The van der Waals surface area contributed by atoms with E-state index in [1.807, 2.05) is 0 Å². The Morgan fingerprint density at radius 3 is 2.87 bits per heavy atom. The maximum atomic E-state index is 13.4. The van der Waals surface area contributed by atoms with E-state index in [2.05, 4.69) is 21.2 Å². The summed E-state index contributed by atoms with van der Waals surface area (Å²) in [5, 5.41) is 10.6. The van der Waals surface area contributed by atoms with E-state index < -0.39 is 6.09 Å². The van der Waals surface area contributed by atoms with Gasteiger partial charge in [0.05, 0.1) is 0 Å². The third-order valence-electron chi connectivity index (χ3n) is 2.05. The van der Waals surface area contributed by atoms with Crippen molar-refractivity contribution in [1.29, 1.82) is 0 Å². The standard InChI is InChI=1S/C10H11BrFNO2/c1-6(5-13-10(14)15)8-3-2-7(11)4-9(8)12/h2-4,6,13H,5H2,1H3,(H,14,15). The zero-order chi connectivity index (χ0) is 11.4. The summed E-state index contributed by atoms with van der Waals surface area (Å²) in [5.74, 6) is -0.515. The van der Waals surface area contributed by atoms with E-state index in [-0.39, 0.29) is 18.3 Å². The van der Waals surface area contributed by atoms with Crippen LogP contribution in [0, 0.1) is 5.82 Å². The van der Waals surface area contributed by atoms with Crippen LogP contribution in [0.3, 0.4) is 0 Å². The van der Waals surface area contributed by atoms with Crippen molar-refractivity contribution in [3.05, 3.63) is 34.1 Å². The van der Waals surface area contributed by atoms with Gasteiger partial charge in [0.25, 0.3) is 0 Å². The highest BCUT2D eigenvalue weighted by Crippen LogP contribution is 2.21. The SMILES string of the molecule is CC(CNC(=O)O)c1ccc(Br)cc1F. The molecule has 2 N–H and O–H groups in total. The maximum Gasteiger partial charge on any atom is 0.404 e. The van der Waals surface area contributed by atoms with E-state index in [0.717, 1.165) is 0 Å². The van der Waals surface area contributed by atoms with Crippen LogP contribution < -0.4 is 5.32 Å². The molecule has 1 aromatic carbocycles. The molecular formula is C10H11BrFNO2. The Bertz CT molecular complexity index is 370. The molecule has 0 aliphatic carbocycles. The van der Waals surface area contributed by atoms with Crippen LogP contribution in [0.4, 0.5) is 9.18 Å². The average molecular weight is 276 g/mol. The summed E-state index contributed by atoms with van der Waals surface area (Å²) in [5.41, 5.74) is 0.506. The molecule has 0 spiro atoms. The van der Waals surface area contributed by atoms with Crippen LogP contribution in [0.2, 0.25) is 0 Å². The molecular weight excluding hydrogens is 265 g/mol. The zero-order valence-electron chi connectivity index (χ0n) is 8.13. The van der Waals surface area contributed by atoms with Crippen LogP contribution in [0.1, 0.15) is 18.4 Å². The molecule has 0 bridgehead atoms. The van der Waals surface area contributed by atoms with Gasteiger partial charge in [-0.25, -0.2) is 9.18 Å². The molecule has 0 aliphatic rings. The van der Waals surface area contributed by atoms with Gasteiger partial charge in [-0.15, -0.1) is 0 Å². The minimum atomic E-state index is -1.10. The molecule has 1 amide bonds. The smallest absolute Gasteiger partial charge is 0.404 e. The Hall–Kier alpha value is -1.10. The van der Waals surface area contributed by atoms with Crippen molar-refractivity contribution in [3.8, 4) is 0 Å². The lowest BCUT2D eigenvalue weighted by Crippen LogP contribution is -2.25. The van der Waals surface area contributed by atoms with Gasteiger partial charge in [-0.2, -0.15) is 0 Å². The van der Waals surface area contributed by atoms with Gasteiger partial charge >= 0.3 is 6.09 Å². The van der Waals surface area contributed by atoms with Gasteiger partial charge in [0.15, 0.2) is 0 Å². The summed E-state index contributed by atoms with van der Waals surface area (Å²) in [6.07, 6.45) is -1.10. The molecule has 0 saturated carbocycles. The molecule has 1 unspecified atom stereocenters. The Morgan fingerprint density at radius 1 is 1.67 bits per heavy atom. The molecule has 1 rings (SSSR count). The molecule has 0 radical (unpaired) electrons. The fraction of sp³-hybridized carbons (Fsp3) is 0.300. The predicted molar refractivity (Wildman–Crippen MR) is 58.5 cm³/mol. The molecule has 0 heterocycles. The fourth-order valence-corrected chi connectivity index (χ4v) is 1.58. The molecule has 1 atom stereocenters. The molecule has 3 nitrogen and oxygen atoms in total. The number of benzene rings is 1. The molecule has 5 heteroatoms. The number of hydrogen-bond donors (Lipinski definition) is 2. The molecule has 1 aromatic rings. The Morgan fingerprint density at radius 2 is 2.33 bits per heavy atom. The first-order valence-electron chi connectivity index (χ1n) is 4.42. The van der Waals surface area contributed by atoms with Gasteiger partial charge < -0.3 is 10.4 Å². The third kappa shape index (κ3) is 3.51. The number of amides is 1. The quantitative estimate of drug-likeness (QED) is 0.891. The van der Waals surface area contributed by atoms with E-state index in [1.54, 1.807) is 19.1 Å². The highest BCUT2D eigenvalue weighted by molar-refractivity contribution is 9.10. The van der Waals surface area contributed by atoms with Crippen LogP contribution in [-0.4, -0.2) is 17.7 Å². The second-order valence-electron chi connectivity index (χ2n) is 3.25. The first-order valence-corrected chi connectivity index (χ1v) is 5.21. The van der Waals surface area contributed by atoms with Crippen LogP contribution in [0.15, 0.2) is 22.7 Å². The van der Waals surface area contributed by atoms with Crippen molar-refractivity contribution < 1.29 is 14.3 Å². The van der Waals surface area contributed by atoms with Crippen molar-refractivity contribution in [2.45, 2.75) is 12.8 Å². The summed E-state index contributed by atoms with van der Waals surface area (Å²) in [6.45, 7) is 1.97. The van der Waals surface area contributed by atoms with E-state index in [1.165, 1.54) is 6.07 Å². The van der Waals surface area contributed by atoms with Crippen molar-refractivity contribution in [3.63, 3.8) is 0 Å². The van der Waals surface area contributed by atoms with Gasteiger partial charge in [-0.1, -0.05) is 28.9 Å². The zero-order valence-corrected chi connectivity index (χ0v) is 9.71. The lowest BCUT2D eigenvalue weighted by atomic mass is 10.0. The van der Waals surface area contributed by atoms with Crippen LogP contribution in [0.25, 0.3) is 0 Å². The van der Waals surface area contributed by atoms with Crippen molar-refractivity contribution >= 4 is 22.0 Å². The topological polar surface area (TPSA) is 49.3 Å². The summed E-state index contributed by atoms with van der Waals surface area (Å²) in [6, 6.07) is 4.75. The van der Waals surface area contributed by atoms with Gasteiger partial charge in [0.1, 0.15) is 5.82 Å². The monoisotopic (exact) mass is 275 g/mol. The van der Waals surface area contributed by atoms with Crippen LogP contribution in [-0.2, 0) is 0 Å². The van der Waals surface area contributed by atoms with Crippen molar-refractivity contribution in [1.82, 2.24) is 5.32 Å². The lowest BCUT2D eigenvalue weighted by Gasteiger charge is -2.12. The van der Waals surface area contributed by atoms with E-state index >= 15 is 0 Å². The summed E-state index contributed by atoms with van der Waals surface area (Å²) in [7, 11) is 0. The number of carbonyl (C=O) groups is 1. The Kier molecular flexibility index (Phi) is 4.08. The first kappa shape index (κ1) is 12.0. The number of carboxylic acid groups (broad SMARTS) is 1. The summed E-state index contributed by atoms with van der Waals surface area (Å²) in [4.78, 5) is 10.3. The van der Waals surface area contributed by atoms with Gasteiger partial charge in [0, 0.05) is 16.9 Å². The minimum Gasteiger partial charge on any atom is -0.465 e. The van der Waals surface area contributed by atoms with Crippen molar-refractivity contribution in [2.75, 3.05) is 6.54 Å². The highest BCUT2D eigenvalue weighted by atomic mass is 79.9. The van der Waals surface area contributed by atoms with E-state index in [0.29, 0.717) is 10.0 Å². The van der Waals surface area contributed by atoms with Gasteiger partial charge in [-0.3, -0.25) is 0 Å². The van der Waals surface area contributed by atoms with Gasteiger partial charge in [0.2, 0.25) is 0 Å². The number of rotatable bonds is 3. The number of hydrogen-bond acceptors (Lipinski definition) is 1. The highest BCUT2D eigenvalue weighted by Gasteiger charge is 2.11. The first-order chi connectivity index (χ1) is 7.00. The second kappa shape index (κ2) is 5.11. The predicted octanol–water partition coefficient (Wildman–Crippen LogP) is 2.96. The Balaban J connectivity index is 2.73. The van der Waals surface area contributed by atoms with Gasteiger partial charge in [-0.05, 0) is 17.7 Å². The van der Waals surface area contributed by atoms with E-state index in [9.17, 15) is 9.18 Å². The Labute approximate surface area is 95.4 Å². The minimum absolute atomic E-state index is 0.186. The normalized spacial score (nSPS) is 12.2.